The molecule has 1 aliphatic heterocycles. The number of ether oxygens (including phenoxy) is 2. The van der Waals surface area contributed by atoms with Gasteiger partial charge in [-0.1, -0.05) is 11.6 Å². The zero-order valence-electron chi connectivity index (χ0n) is 15.6. The van der Waals surface area contributed by atoms with Gasteiger partial charge < -0.3 is 19.7 Å². The third kappa shape index (κ3) is 3.80. The Kier molecular flexibility index (Phi) is 5.16. The van der Waals surface area contributed by atoms with Gasteiger partial charge in [-0.05, 0) is 53.9 Å². The minimum absolute atomic E-state index is 0.443. The maximum atomic E-state index is 5.93. The van der Waals surface area contributed by atoms with E-state index in [1.165, 1.54) is 11.1 Å². The van der Waals surface area contributed by atoms with E-state index in [9.17, 15) is 0 Å². The molecule has 3 aromatic rings. The fourth-order valence-corrected chi connectivity index (χ4v) is 3.37. The highest BCUT2D eigenvalue weighted by Gasteiger charge is 2.21. The molecule has 0 saturated carbocycles. The SMILES string of the molecule is COc1cc2c(cc1OC)CN(c1cnnc(Nc3ccc(Cl)cc3)n1)CC2. The van der Waals surface area contributed by atoms with E-state index in [-0.39, 0.29) is 0 Å². The number of nitrogens with zero attached hydrogens (tertiary/aromatic N) is 4. The molecule has 0 spiro atoms. The smallest absolute Gasteiger partial charge is 0.249 e. The van der Waals surface area contributed by atoms with E-state index < -0.39 is 0 Å². The Morgan fingerprint density at radius 1 is 1.04 bits per heavy atom. The summed E-state index contributed by atoms with van der Waals surface area (Å²) in [7, 11) is 3.30. The largest absolute Gasteiger partial charge is 0.493 e. The van der Waals surface area contributed by atoms with E-state index in [1.54, 1.807) is 20.4 Å². The summed E-state index contributed by atoms with van der Waals surface area (Å²) in [6.45, 7) is 1.55. The van der Waals surface area contributed by atoms with Crippen molar-refractivity contribution in [2.24, 2.45) is 0 Å². The van der Waals surface area contributed by atoms with Crippen LogP contribution in [0, 0.1) is 0 Å². The first-order valence-corrected chi connectivity index (χ1v) is 9.25. The molecule has 2 aromatic carbocycles. The number of hydrogen-bond acceptors (Lipinski definition) is 7. The quantitative estimate of drug-likeness (QED) is 0.701. The molecule has 1 N–H and O–H groups in total. The second-order valence-electron chi connectivity index (χ2n) is 6.42. The Bertz CT molecular complexity index is 981. The number of halogens is 1. The monoisotopic (exact) mass is 397 g/mol. The number of nitrogens with one attached hydrogen (secondary N) is 1. The van der Waals surface area contributed by atoms with Gasteiger partial charge in [-0.15, -0.1) is 5.10 Å². The molecule has 7 nitrogen and oxygen atoms in total. The van der Waals surface area contributed by atoms with Crippen molar-refractivity contribution in [2.75, 3.05) is 31.0 Å². The lowest BCUT2D eigenvalue weighted by molar-refractivity contribution is 0.353. The molecule has 1 aromatic heterocycles. The molecule has 4 rings (SSSR count). The van der Waals surface area contributed by atoms with E-state index in [4.69, 9.17) is 21.1 Å². The minimum Gasteiger partial charge on any atom is -0.493 e. The van der Waals surface area contributed by atoms with E-state index >= 15 is 0 Å². The van der Waals surface area contributed by atoms with Crippen molar-refractivity contribution in [1.29, 1.82) is 0 Å². The first-order chi connectivity index (χ1) is 13.7. The standard InChI is InChI=1S/C20H20ClN5O2/c1-27-17-9-13-7-8-26(12-14(13)10-18(17)28-2)19-11-22-25-20(24-19)23-16-5-3-15(21)4-6-16/h3-6,9-11H,7-8,12H2,1-2H3,(H,23,24,25). The Hall–Kier alpha value is -3.06. The lowest BCUT2D eigenvalue weighted by atomic mass is 9.99. The molecule has 1 aliphatic rings. The number of benzene rings is 2. The number of aromatic nitrogens is 3. The topological polar surface area (TPSA) is 72.4 Å². The van der Waals surface area contributed by atoms with Crippen LogP contribution in [-0.2, 0) is 13.0 Å². The molecule has 8 heteroatoms. The molecular formula is C20H20ClN5O2. The van der Waals surface area contributed by atoms with Gasteiger partial charge in [0.05, 0.1) is 20.4 Å². The highest BCUT2D eigenvalue weighted by molar-refractivity contribution is 6.30. The van der Waals surface area contributed by atoms with E-state index in [0.29, 0.717) is 11.0 Å². The van der Waals surface area contributed by atoms with Crippen LogP contribution in [-0.4, -0.2) is 35.9 Å². The van der Waals surface area contributed by atoms with Crippen LogP contribution in [0.15, 0.2) is 42.6 Å². The average Bonchev–Trinajstić information content (AvgIpc) is 2.74. The summed E-state index contributed by atoms with van der Waals surface area (Å²) in [4.78, 5) is 6.79. The molecule has 28 heavy (non-hydrogen) atoms. The number of rotatable bonds is 5. The van der Waals surface area contributed by atoms with Gasteiger partial charge in [-0.3, -0.25) is 0 Å². The van der Waals surface area contributed by atoms with Gasteiger partial charge in [0.15, 0.2) is 17.3 Å². The Morgan fingerprint density at radius 3 is 2.46 bits per heavy atom. The predicted molar refractivity (Wildman–Crippen MR) is 109 cm³/mol. The van der Waals surface area contributed by atoms with Crippen LogP contribution in [0.3, 0.4) is 0 Å². The van der Waals surface area contributed by atoms with Crippen molar-refractivity contribution in [3.05, 3.63) is 58.7 Å². The second kappa shape index (κ2) is 7.90. The van der Waals surface area contributed by atoms with E-state index in [1.807, 2.05) is 30.3 Å². The van der Waals surface area contributed by atoms with Crippen molar-refractivity contribution in [3.8, 4) is 11.5 Å². The highest BCUT2D eigenvalue weighted by Crippen LogP contribution is 2.34. The zero-order valence-corrected chi connectivity index (χ0v) is 16.4. The molecule has 144 valence electrons. The van der Waals surface area contributed by atoms with Crippen LogP contribution in [0.25, 0.3) is 0 Å². The molecule has 0 atom stereocenters. The number of hydrogen-bond donors (Lipinski definition) is 1. The number of methoxy groups -OCH3 is 2. The van der Waals surface area contributed by atoms with Gasteiger partial charge >= 0.3 is 0 Å². The van der Waals surface area contributed by atoms with Crippen molar-refractivity contribution < 1.29 is 9.47 Å². The number of anilines is 3. The van der Waals surface area contributed by atoms with Gasteiger partial charge in [0.25, 0.3) is 0 Å². The highest BCUT2D eigenvalue weighted by atomic mass is 35.5. The molecule has 0 saturated heterocycles. The lowest BCUT2D eigenvalue weighted by Gasteiger charge is -2.30. The molecule has 0 amide bonds. The van der Waals surface area contributed by atoms with E-state index in [2.05, 4.69) is 31.5 Å². The Morgan fingerprint density at radius 2 is 1.75 bits per heavy atom. The average molecular weight is 398 g/mol. The van der Waals surface area contributed by atoms with Crippen molar-refractivity contribution in [1.82, 2.24) is 15.2 Å². The third-order valence-electron chi connectivity index (χ3n) is 4.69. The second-order valence-corrected chi connectivity index (χ2v) is 6.85. The van der Waals surface area contributed by atoms with Gasteiger partial charge in [0.1, 0.15) is 0 Å². The molecule has 0 aliphatic carbocycles. The van der Waals surface area contributed by atoms with Crippen molar-refractivity contribution >= 4 is 29.1 Å². The van der Waals surface area contributed by atoms with Crippen LogP contribution in [0.1, 0.15) is 11.1 Å². The first-order valence-electron chi connectivity index (χ1n) is 8.87. The summed E-state index contributed by atoms with van der Waals surface area (Å²) in [5.41, 5.74) is 3.30. The molecule has 0 bridgehead atoms. The van der Waals surface area contributed by atoms with Gasteiger partial charge in [0.2, 0.25) is 5.95 Å². The van der Waals surface area contributed by atoms with Crippen LogP contribution in [0.5, 0.6) is 11.5 Å². The summed E-state index contributed by atoms with van der Waals surface area (Å²) >= 11 is 5.93. The van der Waals surface area contributed by atoms with Gasteiger partial charge in [0, 0.05) is 23.8 Å². The maximum Gasteiger partial charge on any atom is 0.249 e. The summed E-state index contributed by atoms with van der Waals surface area (Å²) in [5, 5.41) is 12.0. The van der Waals surface area contributed by atoms with Crippen LogP contribution in [0.4, 0.5) is 17.5 Å². The molecule has 2 heterocycles. The fourth-order valence-electron chi connectivity index (χ4n) is 3.24. The van der Waals surface area contributed by atoms with Gasteiger partial charge in [-0.2, -0.15) is 10.1 Å². The predicted octanol–water partition coefficient (Wildman–Crippen LogP) is 3.85. The summed E-state index contributed by atoms with van der Waals surface area (Å²) < 4.78 is 10.8. The summed E-state index contributed by atoms with van der Waals surface area (Å²) in [6, 6.07) is 11.4. The van der Waals surface area contributed by atoms with E-state index in [0.717, 1.165) is 42.5 Å². The molecule has 0 unspecified atom stereocenters. The summed E-state index contributed by atoms with van der Waals surface area (Å²) in [6.07, 6.45) is 2.57. The third-order valence-corrected chi connectivity index (χ3v) is 4.94. The Balaban J connectivity index is 1.55. The minimum atomic E-state index is 0.443. The van der Waals surface area contributed by atoms with Crippen molar-refractivity contribution in [2.45, 2.75) is 13.0 Å². The van der Waals surface area contributed by atoms with Crippen molar-refractivity contribution in [3.63, 3.8) is 0 Å². The molecular weight excluding hydrogens is 378 g/mol. The number of fused-ring (bicyclic) bond motifs is 1. The normalized spacial score (nSPS) is 13.0. The molecule has 0 radical (unpaired) electrons. The Labute approximate surface area is 168 Å². The first kappa shape index (κ1) is 18.3. The zero-order chi connectivity index (χ0) is 19.5. The molecule has 0 fully saturated rings. The fraction of sp³-hybridized carbons (Fsp3) is 0.250. The maximum absolute atomic E-state index is 5.93. The lowest BCUT2D eigenvalue weighted by Crippen LogP contribution is -2.31. The van der Waals surface area contributed by atoms with Crippen LogP contribution < -0.4 is 19.7 Å². The summed E-state index contributed by atoms with van der Waals surface area (Å²) in [5.74, 6) is 2.70. The van der Waals surface area contributed by atoms with Gasteiger partial charge in [-0.25, -0.2) is 0 Å². The van der Waals surface area contributed by atoms with Crippen LogP contribution in [0.2, 0.25) is 5.02 Å². The van der Waals surface area contributed by atoms with Crippen LogP contribution >= 0.6 is 11.6 Å².